The topological polar surface area (TPSA) is 12.0 Å². The van der Waals surface area contributed by atoms with Gasteiger partial charge in [-0.2, -0.15) is 0 Å². The Kier molecular flexibility index (Phi) is 5.44. The van der Waals surface area contributed by atoms with Crippen LogP contribution in [0.4, 0.5) is 0 Å². The Labute approximate surface area is 128 Å². The molecule has 19 heavy (non-hydrogen) atoms. The summed E-state index contributed by atoms with van der Waals surface area (Å²) in [6, 6.07) is 14.3. The van der Waals surface area contributed by atoms with Gasteiger partial charge in [-0.1, -0.05) is 58.7 Å². The summed E-state index contributed by atoms with van der Waals surface area (Å²) in [5.41, 5.74) is 3.63. The van der Waals surface area contributed by atoms with E-state index in [1.807, 2.05) is 24.3 Å². The maximum Gasteiger partial charge on any atom is 0.0412 e. The lowest BCUT2D eigenvalue weighted by Crippen LogP contribution is -2.14. The van der Waals surface area contributed by atoms with Crippen LogP contribution >= 0.6 is 27.5 Å². The van der Waals surface area contributed by atoms with Crippen molar-refractivity contribution in [2.24, 2.45) is 0 Å². The zero-order valence-corrected chi connectivity index (χ0v) is 13.3. The zero-order valence-electron chi connectivity index (χ0n) is 10.9. The van der Waals surface area contributed by atoms with Crippen molar-refractivity contribution < 1.29 is 0 Å². The van der Waals surface area contributed by atoms with E-state index in [2.05, 4.69) is 46.4 Å². The highest BCUT2D eigenvalue weighted by Gasteiger charge is 2.08. The van der Waals surface area contributed by atoms with Crippen LogP contribution in [0.1, 0.15) is 18.9 Å². The molecule has 1 N–H and O–H groups in total. The minimum Gasteiger partial charge on any atom is -0.313 e. The number of hydrogen-bond donors (Lipinski definition) is 1. The third kappa shape index (κ3) is 3.82. The van der Waals surface area contributed by atoms with Crippen molar-refractivity contribution in [1.29, 1.82) is 0 Å². The molecular weight excluding hydrogens is 322 g/mol. The Morgan fingerprint density at radius 1 is 1.11 bits per heavy atom. The Morgan fingerprint density at radius 2 is 1.89 bits per heavy atom. The molecule has 100 valence electrons. The molecule has 0 atom stereocenters. The monoisotopic (exact) mass is 337 g/mol. The van der Waals surface area contributed by atoms with E-state index >= 15 is 0 Å². The maximum atomic E-state index is 6.14. The summed E-state index contributed by atoms with van der Waals surface area (Å²) in [5.74, 6) is 0. The minimum atomic E-state index is 0.769. The number of halogens is 2. The molecule has 0 aromatic heterocycles. The van der Waals surface area contributed by atoms with Crippen molar-refractivity contribution in [1.82, 2.24) is 5.32 Å². The second kappa shape index (κ2) is 7.09. The summed E-state index contributed by atoms with van der Waals surface area (Å²) in [4.78, 5) is 0. The highest BCUT2D eigenvalue weighted by molar-refractivity contribution is 9.10. The quantitative estimate of drug-likeness (QED) is 0.732. The maximum absolute atomic E-state index is 6.14. The van der Waals surface area contributed by atoms with Crippen LogP contribution in [-0.4, -0.2) is 6.54 Å². The first kappa shape index (κ1) is 14.6. The second-order valence-corrected chi connectivity index (χ2v) is 5.75. The van der Waals surface area contributed by atoms with Crippen molar-refractivity contribution in [3.05, 3.63) is 57.5 Å². The Bertz CT molecular complexity index is 554. The Morgan fingerprint density at radius 3 is 2.63 bits per heavy atom. The van der Waals surface area contributed by atoms with Crippen molar-refractivity contribution in [3.8, 4) is 11.1 Å². The molecule has 0 saturated carbocycles. The first-order valence-corrected chi connectivity index (χ1v) is 7.63. The Hall–Kier alpha value is -0.830. The summed E-state index contributed by atoms with van der Waals surface area (Å²) in [6.07, 6.45) is 1.14. The summed E-state index contributed by atoms with van der Waals surface area (Å²) < 4.78 is 1.09. The number of hydrogen-bond acceptors (Lipinski definition) is 1. The molecule has 0 amide bonds. The fraction of sp³-hybridized carbons (Fsp3) is 0.250. The molecule has 0 heterocycles. The molecule has 1 nitrogen and oxygen atoms in total. The molecule has 0 aliphatic carbocycles. The fourth-order valence-electron chi connectivity index (χ4n) is 2.03. The summed E-state index contributed by atoms with van der Waals surface area (Å²) >= 11 is 9.75. The van der Waals surface area contributed by atoms with Gasteiger partial charge in [0.15, 0.2) is 0 Å². The lowest BCUT2D eigenvalue weighted by Gasteiger charge is -2.12. The van der Waals surface area contributed by atoms with Gasteiger partial charge in [0.25, 0.3) is 0 Å². The van der Waals surface area contributed by atoms with E-state index in [0.717, 1.165) is 29.0 Å². The van der Waals surface area contributed by atoms with Crippen LogP contribution in [0.5, 0.6) is 0 Å². The van der Waals surface area contributed by atoms with Gasteiger partial charge in [-0.05, 0) is 47.9 Å². The van der Waals surface area contributed by atoms with Crippen LogP contribution < -0.4 is 5.32 Å². The molecule has 0 aliphatic heterocycles. The van der Waals surface area contributed by atoms with Gasteiger partial charge in [0.1, 0.15) is 0 Å². The van der Waals surface area contributed by atoms with Gasteiger partial charge in [-0.15, -0.1) is 0 Å². The molecule has 0 bridgehead atoms. The normalized spacial score (nSPS) is 10.7. The first-order valence-electron chi connectivity index (χ1n) is 6.46. The lowest BCUT2D eigenvalue weighted by atomic mass is 9.99. The predicted molar refractivity (Wildman–Crippen MR) is 86.6 cm³/mol. The van der Waals surface area contributed by atoms with Crippen LogP contribution in [0.15, 0.2) is 46.9 Å². The smallest absolute Gasteiger partial charge is 0.0412 e. The van der Waals surface area contributed by atoms with Crippen LogP contribution in [0.3, 0.4) is 0 Å². The van der Waals surface area contributed by atoms with Crippen LogP contribution in [0.25, 0.3) is 11.1 Å². The van der Waals surface area contributed by atoms with E-state index in [-0.39, 0.29) is 0 Å². The standard InChI is InChI=1S/C16H17BrClN/c1-2-9-19-11-12-7-8-13(18)10-15(12)14-5-3-4-6-16(14)17/h3-8,10,19H,2,9,11H2,1H3. The van der Waals surface area contributed by atoms with Crippen LogP contribution in [0, 0.1) is 0 Å². The molecule has 3 heteroatoms. The van der Waals surface area contributed by atoms with E-state index in [0.29, 0.717) is 0 Å². The summed E-state index contributed by atoms with van der Waals surface area (Å²) in [6.45, 7) is 4.06. The van der Waals surface area contributed by atoms with E-state index < -0.39 is 0 Å². The van der Waals surface area contributed by atoms with Gasteiger partial charge < -0.3 is 5.32 Å². The van der Waals surface area contributed by atoms with Crippen LogP contribution in [-0.2, 0) is 6.54 Å². The molecule has 2 aromatic rings. The third-order valence-corrected chi connectivity index (χ3v) is 3.90. The number of rotatable bonds is 5. The summed E-state index contributed by atoms with van der Waals surface area (Å²) in [5, 5.41) is 4.21. The number of benzene rings is 2. The second-order valence-electron chi connectivity index (χ2n) is 4.46. The van der Waals surface area contributed by atoms with Crippen LogP contribution in [0.2, 0.25) is 5.02 Å². The van der Waals surface area contributed by atoms with E-state index in [1.165, 1.54) is 16.7 Å². The van der Waals surface area contributed by atoms with Gasteiger partial charge in [-0.25, -0.2) is 0 Å². The lowest BCUT2D eigenvalue weighted by molar-refractivity contribution is 0.676. The SMILES string of the molecule is CCCNCc1ccc(Cl)cc1-c1ccccc1Br. The van der Waals surface area contributed by atoms with E-state index in [9.17, 15) is 0 Å². The molecule has 0 aliphatic rings. The van der Waals surface area contributed by atoms with Gasteiger partial charge >= 0.3 is 0 Å². The van der Waals surface area contributed by atoms with Gasteiger partial charge in [0.05, 0.1) is 0 Å². The summed E-state index contributed by atoms with van der Waals surface area (Å²) in [7, 11) is 0. The van der Waals surface area contributed by atoms with Gasteiger partial charge in [0, 0.05) is 16.0 Å². The van der Waals surface area contributed by atoms with E-state index in [4.69, 9.17) is 11.6 Å². The third-order valence-electron chi connectivity index (χ3n) is 2.98. The number of nitrogens with one attached hydrogen (secondary N) is 1. The van der Waals surface area contributed by atoms with E-state index in [1.54, 1.807) is 0 Å². The minimum absolute atomic E-state index is 0.769. The predicted octanol–water partition coefficient (Wildman–Crippen LogP) is 5.27. The Balaban J connectivity index is 2.37. The highest BCUT2D eigenvalue weighted by atomic mass is 79.9. The van der Waals surface area contributed by atoms with Crippen molar-refractivity contribution in [2.45, 2.75) is 19.9 Å². The molecular formula is C16H17BrClN. The first-order chi connectivity index (χ1) is 9.22. The average molecular weight is 339 g/mol. The molecule has 2 rings (SSSR count). The molecule has 0 fully saturated rings. The van der Waals surface area contributed by atoms with Gasteiger partial charge in [-0.3, -0.25) is 0 Å². The fourth-order valence-corrected chi connectivity index (χ4v) is 2.70. The van der Waals surface area contributed by atoms with Gasteiger partial charge in [0.2, 0.25) is 0 Å². The molecule has 0 spiro atoms. The average Bonchev–Trinajstić information content (AvgIpc) is 2.41. The molecule has 0 saturated heterocycles. The highest BCUT2D eigenvalue weighted by Crippen LogP contribution is 2.32. The largest absolute Gasteiger partial charge is 0.313 e. The molecule has 0 radical (unpaired) electrons. The molecule has 0 unspecified atom stereocenters. The zero-order chi connectivity index (χ0) is 13.7. The van der Waals surface area contributed by atoms with Crippen molar-refractivity contribution >= 4 is 27.5 Å². The van der Waals surface area contributed by atoms with Crippen molar-refractivity contribution in [2.75, 3.05) is 6.54 Å². The van der Waals surface area contributed by atoms with Crippen molar-refractivity contribution in [3.63, 3.8) is 0 Å². The molecule has 2 aromatic carbocycles.